The Balaban J connectivity index is 2.00. The van der Waals surface area contributed by atoms with Crippen LogP contribution in [0.25, 0.3) is 0 Å². The quantitative estimate of drug-likeness (QED) is 0.732. The molecule has 0 unspecified atom stereocenters. The van der Waals surface area contributed by atoms with Crippen LogP contribution in [-0.2, 0) is 20.8 Å². The van der Waals surface area contributed by atoms with E-state index in [1.807, 2.05) is 24.3 Å². The molecule has 134 valence electrons. The second-order valence-electron chi connectivity index (χ2n) is 4.96. The maximum absolute atomic E-state index is 12.1. The summed E-state index contributed by atoms with van der Waals surface area (Å²) in [4.78, 5) is 11.6. The topological polar surface area (TPSA) is 84.5 Å². The molecule has 2 aromatic rings. The fourth-order valence-electron chi connectivity index (χ4n) is 2.00. The SMILES string of the molecule is CNc1ccc(CNC(=O)c2ccc(S(=O)(=O)OC(F)F)cc2)cc1. The molecule has 0 spiro atoms. The first kappa shape index (κ1) is 18.8. The Morgan fingerprint density at radius 1 is 1.08 bits per heavy atom. The first-order chi connectivity index (χ1) is 11.8. The molecule has 0 fully saturated rings. The van der Waals surface area contributed by atoms with Gasteiger partial charge in [-0.15, -0.1) is 0 Å². The van der Waals surface area contributed by atoms with Crippen LogP contribution in [0.3, 0.4) is 0 Å². The van der Waals surface area contributed by atoms with Crippen molar-refractivity contribution >= 4 is 21.7 Å². The zero-order valence-corrected chi connectivity index (χ0v) is 14.0. The van der Waals surface area contributed by atoms with Gasteiger partial charge < -0.3 is 10.6 Å². The number of nitrogens with one attached hydrogen (secondary N) is 2. The van der Waals surface area contributed by atoms with E-state index in [2.05, 4.69) is 14.8 Å². The number of halogens is 2. The molecular weight excluding hydrogens is 354 g/mol. The summed E-state index contributed by atoms with van der Waals surface area (Å²) >= 11 is 0. The molecule has 6 nitrogen and oxygen atoms in total. The molecule has 2 aromatic carbocycles. The number of rotatable bonds is 7. The molecule has 0 aliphatic carbocycles. The number of benzene rings is 2. The van der Waals surface area contributed by atoms with Crippen molar-refractivity contribution < 1.29 is 26.2 Å². The number of anilines is 1. The minimum Gasteiger partial charge on any atom is -0.388 e. The Hall–Kier alpha value is -2.52. The van der Waals surface area contributed by atoms with Crippen molar-refractivity contribution in [3.63, 3.8) is 0 Å². The fraction of sp³-hybridized carbons (Fsp3) is 0.188. The van der Waals surface area contributed by atoms with Gasteiger partial charge in [-0.2, -0.15) is 21.4 Å². The first-order valence-electron chi connectivity index (χ1n) is 7.18. The third-order valence-electron chi connectivity index (χ3n) is 3.30. The normalized spacial score (nSPS) is 11.4. The molecule has 0 saturated heterocycles. The van der Waals surface area contributed by atoms with Gasteiger partial charge in [0, 0.05) is 24.8 Å². The Labute approximate surface area is 143 Å². The highest BCUT2D eigenvalue weighted by Gasteiger charge is 2.21. The average molecular weight is 370 g/mol. The summed E-state index contributed by atoms with van der Waals surface area (Å²) < 4.78 is 50.7. The lowest BCUT2D eigenvalue weighted by Crippen LogP contribution is -2.22. The van der Waals surface area contributed by atoms with Crippen LogP contribution >= 0.6 is 0 Å². The van der Waals surface area contributed by atoms with Gasteiger partial charge in [0.25, 0.3) is 5.91 Å². The van der Waals surface area contributed by atoms with E-state index in [-0.39, 0.29) is 12.1 Å². The monoisotopic (exact) mass is 370 g/mol. The average Bonchev–Trinajstić information content (AvgIpc) is 2.59. The van der Waals surface area contributed by atoms with Gasteiger partial charge in [-0.1, -0.05) is 12.1 Å². The number of hydrogen-bond acceptors (Lipinski definition) is 5. The number of carbonyl (C=O) groups is 1. The number of alkyl halides is 2. The van der Waals surface area contributed by atoms with E-state index in [1.165, 1.54) is 12.1 Å². The highest BCUT2D eigenvalue weighted by molar-refractivity contribution is 7.86. The highest BCUT2D eigenvalue weighted by Crippen LogP contribution is 2.16. The van der Waals surface area contributed by atoms with E-state index in [0.717, 1.165) is 23.4 Å². The lowest BCUT2D eigenvalue weighted by atomic mass is 10.2. The molecule has 2 N–H and O–H groups in total. The van der Waals surface area contributed by atoms with Crippen molar-refractivity contribution in [3.05, 3.63) is 59.7 Å². The lowest BCUT2D eigenvalue weighted by Gasteiger charge is -2.08. The third kappa shape index (κ3) is 5.23. The molecule has 25 heavy (non-hydrogen) atoms. The maximum atomic E-state index is 12.1. The van der Waals surface area contributed by atoms with Crippen molar-refractivity contribution in [1.82, 2.24) is 5.32 Å². The van der Waals surface area contributed by atoms with Crippen LogP contribution in [0.15, 0.2) is 53.4 Å². The zero-order chi connectivity index (χ0) is 18.4. The molecule has 2 rings (SSSR count). The smallest absolute Gasteiger partial charge is 0.359 e. The van der Waals surface area contributed by atoms with E-state index < -0.39 is 27.5 Å². The Morgan fingerprint density at radius 3 is 2.20 bits per heavy atom. The Bertz CT molecular complexity index is 822. The number of carbonyl (C=O) groups excluding carboxylic acids is 1. The van der Waals surface area contributed by atoms with Gasteiger partial charge in [0.15, 0.2) is 0 Å². The van der Waals surface area contributed by atoms with E-state index >= 15 is 0 Å². The molecule has 0 aliphatic rings. The largest absolute Gasteiger partial charge is 0.388 e. The zero-order valence-electron chi connectivity index (χ0n) is 13.2. The van der Waals surface area contributed by atoms with E-state index in [4.69, 9.17) is 0 Å². The molecule has 0 bridgehead atoms. The van der Waals surface area contributed by atoms with Gasteiger partial charge in [-0.05, 0) is 42.0 Å². The first-order valence-corrected chi connectivity index (χ1v) is 8.59. The minimum absolute atomic E-state index is 0.197. The summed E-state index contributed by atoms with van der Waals surface area (Å²) in [5.74, 6) is -0.420. The summed E-state index contributed by atoms with van der Waals surface area (Å²) in [6, 6.07) is 12.0. The van der Waals surface area contributed by atoms with E-state index in [1.54, 1.807) is 7.05 Å². The predicted molar refractivity (Wildman–Crippen MR) is 87.9 cm³/mol. The summed E-state index contributed by atoms with van der Waals surface area (Å²) in [5.41, 5.74) is 2.03. The van der Waals surface area contributed by atoms with Crippen molar-refractivity contribution in [2.75, 3.05) is 12.4 Å². The van der Waals surface area contributed by atoms with Crippen LogP contribution < -0.4 is 10.6 Å². The van der Waals surface area contributed by atoms with E-state index in [0.29, 0.717) is 0 Å². The van der Waals surface area contributed by atoms with Gasteiger partial charge >= 0.3 is 16.7 Å². The Kier molecular flexibility index (Phi) is 6.05. The predicted octanol–water partition coefficient (Wildman–Crippen LogP) is 2.59. The molecule has 1 amide bonds. The van der Waals surface area contributed by atoms with E-state index in [9.17, 15) is 22.0 Å². The van der Waals surface area contributed by atoms with Gasteiger partial charge in [0.1, 0.15) is 0 Å². The summed E-state index contributed by atoms with van der Waals surface area (Å²) in [5, 5.41) is 5.66. The van der Waals surface area contributed by atoms with Crippen molar-refractivity contribution in [2.45, 2.75) is 18.1 Å². The van der Waals surface area contributed by atoms with Gasteiger partial charge in [0.05, 0.1) is 4.90 Å². The molecule has 0 aliphatic heterocycles. The molecule has 0 aromatic heterocycles. The molecular formula is C16H16F2N2O4S. The summed E-state index contributed by atoms with van der Waals surface area (Å²) in [6.07, 6.45) is 0. The molecule has 0 heterocycles. The third-order valence-corrected chi connectivity index (χ3v) is 4.55. The van der Waals surface area contributed by atoms with Crippen LogP contribution in [-0.4, -0.2) is 28.0 Å². The van der Waals surface area contributed by atoms with Crippen LogP contribution in [0.5, 0.6) is 0 Å². The maximum Gasteiger partial charge on any atom is 0.359 e. The van der Waals surface area contributed by atoms with Crippen molar-refractivity contribution in [2.24, 2.45) is 0 Å². The van der Waals surface area contributed by atoms with Gasteiger partial charge in [0.2, 0.25) is 0 Å². The highest BCUT2D eigenvalue weighted by atomic mass is 32.2. The standard InChI is InChI=1S/C16H16F2N2O4S/c1-19-13-6-2-11(3-7-13)10-20-15(21)12-4-8-14(9-5-12)25(22,23)24-16(17)18/h2-9,16,19H,10H2,1H3,(H,20,21). The van der Waals surface area contributed by atoms with Crippen LogP contribution in [0.2, 0.25) is 0 Å². The second kappa shape index (κ2) is 8.04. The van der Waals surface area contributed by atoms with Crippen molar-refractivity contribution in [3.8, 4) is 0 Å². The summed E-state index contributed by atoms with van der Waals surface area (Å²) in [6.45, 7) is -3.15. The fourth-order valence-corrected chi connectivity index (χ4v) is 2.77. The minimum atomic E-state index is -4.55. The van der Waals surface area contributed by atoms with Crippen molar-refractivity contribution in [1.29, 1.82) is 0 Å². The molecule has 9 heteroatoms. The van der Waals surface area contributed by atoms with Crippen LogP contribution in [0.1, 0.15) is 15.9 Å². The number of amides is 1. The van der Waals surface area contributed by atoms with Gasteiger partial charge in [-0.3, -0.25) is 4.79 Å². The molecule has 0 atom stereocenters. The Morgan fingerprint density at radius 2 is 1.68 bits per heavy atom. The summed E-state index contributed by atoms with van der Waals surface area (Å²) in [7, 11) is -2.75. The van der Waals surface area contributed by atoms with Crippen LogP contribution in [0, 0.1) is 0 Å². The van der Waals surface area contributed by atoms with Gasteiger partial charge in [-0.25, -0.2) is 0 Å². The number of hydrogen-bond donors (Lipinski definition) is 2. The second-order valence-corrected chi connectivity index (χ2v) is 6.54. The van der Waals surface area contributed by atoms with Crippen LogP contribution in [0.4, 0.5) is 14.5 Å². The molecule has 0 saturated carbocycles. The lowest BCUT2D eigenvalue weighted by molar-refractivity contribution is -0.0445. The molecule has 0 radical (unpaired) electrons.